The molecule has 0 fully saturated rings. The number of hydrogen-bond donors (Lipinski definition) is 0. The summed E-state index contributed by atoms with van der Waals surface area (Å²) < 4.78 is 1.81. The van der Waals surface area contributed by atoms with Crippen LogP contribution in [0.1, 0.15) is 26.1 Å². The molecule has 0 N–H and O–H groups in total. The molecule has 0 spiro atoms. The fraction of sp³-hybridized carbons (Fsp3) is 0.778. The lowest BCUT2D eigenvalue weighted by molar-refractivity contribution is 0.342. The number of nitrogens with zero attached hydrogens (tertiary/aromatic N) is 3. The monoisotopic (exact) mass is 201 g/mol. The maximum absolute atomic E-state index is 5.92. The molecule has 74 valence electrons. The second kappa shape index (κ2) is 4.09. The number of halogens is 1. The molecule has 4 heteroatoms. The lowest BCUT2D eigenvalue weighted by Gasteiger charge is -2.24. The van der Waals surface area contributed by atoms with E-state index in [-0.39, 0.29) is 5.41 Å². The lowest BCUT2D eigenvalue weighted by Crippen LogP contribution is -2.22. The molecule has 1 rings (SSSR count). The number of rotatable bonds is 4. The van der Waals surface area contributed by atoms with Gasteiger partial charge in [-0.15, -0.1) is 11.6 Å². The van der Waals surface area contributed by atoms with Gasteiger partial charge in [0.25, 0.3) is 0 Å². The van der Waals surface area contributed by atoms with Gasteiger partial charge in [-0.3, -0.25) is 4.68 Å². The van der Waals surface area contributed by atoms with E-state index in [0.29, 0.717) is 5.88 Å². The third-order valence-corrected chi connectivity index (χ3v) is 3.21. The summed E-state index contributed by atoms with van der Waals surface area (Å²) in [6, 6.07) is 0. The first-order valence-corrected chi connectivity index (χ1v) is 5.03. The molecule has 0 saturated carbocycles. The topological polar surface area (TPSA) is 30.7 Å². The van der Waals surface area contributed by atoms with Crippen molar-refractivity contribution in [2.75, 3.05) is 5.88 Å². The Bertz CT molecular complexity index is 266. The van der Waals surface area contributed by atoms with E-state index in [9.17, 15) is 0 Å². The summed E-state index contributed by atoms with van der Waals surface area (Å²) in [7, 11) is 1.91. The molecular formula is C9H16ClN3. The van der Waals surface area contributed by atoms with Crippen molar-refractivity contribution >= 4 is 11.6 Å². The maximum Gasteiger partial charge on any atom is 0.138 e. The second-order valence-electron chi connectivity index (χ2n) is 3.77. The minimum Gasteiger partial charge on any atom is -0.253 e. The Balaban J connectivity index is 2.73. The SMILES string of the molecule is CCC(C)(CCl)Cc1ncnn1C. The molecule has 1 unspecified atom stereocenters. The van der Waals surface area contributed by atoms with E-state index >= 15 is 0 Å². The predicted octanol–water partition coefficient (Wildman–Crippen LogP) is 2.01. The Labute approximate surface area is 84.1 Å². The molecule has 0 saturated heterocycles. The number of alkyl halides is 1. The van der Waals surface area contributed by atoms with Gasteiger partial charge >= 0.3 is 0 Å². The lowest BCUT2D eigenvalue weighted by atomic mass is 9.86. The van der Waals surface area contributed by atoms with Crippen LogP contribution in [0.2, 0.25) is 0 Å². The van der Waals surface area contributed by atoms with Crippen LogP contribution in [0.3, 0.4) is 0 Å². The minimum atomic E-state index is 0.141. The Morgan fingerprint density at radius 3 is 2.69 bits per heavy atom. The van der Waals surface area contributed by atoms with E-state index in [1.807, 2.05) is 7.05 Å². The molecule has 0 aliphatic carbocycles. The van der Waals surface area contributed by atoms with Gasteiger partial charge in [-0.05, 0) is 11.8 Å². The van der Waals surface area contributed by atoms with Crippen LogP contribution in [-0.4, -0.2) is 20.6 Å². The highest BCUT2D eigenvalue weighted by Gasteiger charge is 2.23. The van der Waals surface area contributed by atoms with Crippen molar-refractivity contribution in [2.24, 2.45) is 12.5 Å². The number of aryl methyl sites for hydroxylation is 1. The van der Waals surface area contributed by atoms with Gasteiger partial charge in [-0.2, -0.15) is 5.10 Å². The van der Waals surface area contributed by atoms with Crippen molar-refractivity contribution in [1.82, 2.24) is 14.8 Å². The third-order valence-electron chi connectivity index (χ3n) is 2.57. The van der Waals surface area contributed by atoms with E-state index in [1.165, 1.54) is 0 Å². The molecule has 0 amide bonds. The first-order chi connectivity index (χ1) is 6.11. The Kier molecular flexibility index (Phi) is 3.31. The van der Waals surface area contributed by atoms with Gasteiger partial charge in [-0.25, -0.2) is 4.98 Å². The first kappa shape index (κ1) is 10.5. The van der Waals surface area contributed by atoms with Crippen molar-refractivity contribution in [3.63, 3.8) is 0 Å². The molecule has 0 aromatic carbocycles. The molecule has 1 aromatic rings. The van der Waals surface area contributed by atoms with Crippen molar-refractivity contribution in [1.29, 1.82) is 0 Å². The van der Waals surface area contributed by atoms with Gasteiger partial charge in [-0.1, -0.05) is 13.8 Å². The van der Waals surface area contributed by atoms with E-state index in [2.05, 4.69) is 23.9 Å². The maximum atomic E-state index is 5.92. The van der Waals surface area contributed by atoms with Crippen LogP contribution >= 0.6 is 11.6 Å². The van der Waals surface area contributed by atoms with Crippen molar-refractivity contribution < 1.29 is 0 Å². The molecule has 1 atom stereocenters. The summed E-state index contributed by atoms with van der Waals surface area (Å²) in [5, 5.41) is 4.03. The van der Waals surface area contributed by atoms with Crippen LogP contribution in [0.25, 0.3) is 0 Å². The van der Waals surface area contributed by atoms with Crippen molar-refractivity contribution in [3.8, 4) is 0 Å². The highest BCUT2D eigenvalue weighted by molar-refractivity contribution is 6.18. The summed E-state index contributed by atoms with van der Waals surface area (Å²) in [6.07, 6.45) is 3.53. The third kappa shape index (κ3) is 2.44. The Morgan fingerprint density at radius 2 is 2.31 bits per heavy atom. The standard InChI is InChI=1S/C9H16ClN3/c1-4-9(2,6-10)5-8-11-7-12-13(8)3/h7H,4-6H2,1-3H3. The van der Waals surface area contributed by atoms with E-state index in [0.717, 1.165) is 18.7 Å². The Hall–Kier alpha value is -0.570. The highest BCUT2D eigenvalue weighted by Crippen LogP contribution is 2.26. The van der Waals surface area contributed by atoms with Gasteiger partial charge < -0.3 is 0 Å². The molecule has 1 heterocycles. The average Bonchev–Trinajstić information content (AvgIpc) is 2.52. The first-order valence-electron chi connectivity index (χ1n) is 4.50. The largest absolute Gasteiger partial charge is 0.253 e. The summed E-state index contributed by atoms with van der Waals surface area (Å²) in [5.74, 6) is 1.67. The van der Waals surface area contributed by atoms with Crippen molar-refractivity contribution in [2.45, 2.75) is 26.7 Å². The van der Waals surface area contributed by atoms with Gasteiger partial charge in [0.1, 0.15) is 12.2 Å². The number of aromatic nitrogens is 3. The van der Waals surface area contributed by atoms with Crippen LogP contribution in [0.4, 0.5) is 0 Å². The van der Waals surface area contributed by atoms with Gasteiger partial charge in [0.15, 0.2) is 0 Å². The smallest absolute Gasteiger partial charge is 0.138 e. The minimum absolute atomic E-state index is 0.141. The summed E-state index contributed by atoms with van der Waals surface area (Å²) in [5.41, 5.74) is 0.141. The molecule has 3 nitrogen and oxygen atoms in total. The molecule has 0 radical (unpaired) electrons. The van der Waals surface area contributed by atoms with E-state index in [4.69, 9.17) is 11.6 Å². The van der Waals surface area contributed by atoms with Gasteiger partial charge in [0.05, 0.1) is 0 Å². The fourth-order valence-corrected chi connectivity index (χ4v) is 1.41. The van der Waals surface area contributed by atoms with Crippen LogP contribution in [0.15, 0.2) is 6.33 Å². The van der Waals surface area contributed by atoms with Gasteiger partial charge in [0, 0.05) is 19.3 Å². The van der Waals surface area contributed by atoms with Crippen LogP contribution in [0, 0.1) is 5.41 Å². The van der Waals surface area contributed by atoms with Crippen LogP contribution in [-0.2, 0) is 13.5 Å². The average molecular weight is 202 g/mol. The van der Waals surface area contributed by atoms with E-state index < -0.39 is 0 Å². The second-order valence-corrected chi connectivity index (χ2v) is 4.04. The Morgan fingerprint density at radius 1 is 1.62 bits per heavy atom. The zero-order valence-corrected chi connectivity index (χ0v) is 9.17. The van der Waals surface area contributed by atoms with Crippen LogP contribution in [0.5, 0.6) is 0 Å². The molecule has 0 bridgehead atoms. The summed E-state index contributed by atoms with van der Waals surface area (Å²) in [6.45, 7) is 4.33. The quantitative estimate of drug-likeness (QED) is 0.698. The normalized spacial score (nSPS) is 15.7. The molecular weight excluding hydrogens is 186 g/mol. The van der Waals surface area contributed by atoms with E-state index in [1.54, 1.807) is 11.0 Å². The molecule has 13 heavy (non-hydrogen) atoms. The van der Waals surface area contributed by atoms with Crippen LogP contribution < -0.4 is 0 Å². The molecule has 0 aliphatic rings. The molecule has 0 aliphatic heterocycles. The summed E-state index contributed by atoms with van der Waals surface area (Å²) in [4.78, 5) is 4.19. The predicted molar refractivity (Wildman–Crippen MR) is 53.8 cm³/mol. The number of hydrogen-bond acceptors (Lipinski definition) is 2. The highest BCUT2D eigenvalue weighted by atomic mass is 35.5. The zero-order valence-electron chi connectivity index (χ0n) is 8.42. The van der Waals surface area contributed by atoms with Crippen molar-refractivity contribution in [3.05, 3.63) is 12.2 Å². The van der Waals surface area contributed by atoms with Gasteiger partial charge in [0.2, 0.25) is 0 Å². The molecule has 1 aromatic heterocycles. The summed E-state index contributed by atoms with van der Waals surface area (Å²) >= 11 is 5.92. The zero-order chi connectivity index (χ0) is 9.90. The fourth-order valence-electron chi connectivity index (χ4n) is 1.13.